The van der Waals surface area contributed by atoms with Crippen molar-refractivity contribution in [1.82, 2.24) is 18.9 Å². The van der Waals surface area contributed by atoms with Crippen LogP contribution in [0, 0.1) is 11.3 Å². The van der Waals surface area contributed by atoms with Crippen LogP contribution in [0.1, 0.15) is 5.56 Å². The molecule has 0 aliphatic rings. The number of rotatable bonds is 4. The molecule has 0 aliphatic heterocycles. The number of hydrogen-bond donors (Lipinski definition) is 0. The topological polar surface area (TPSA) is 58.9 Å². The fourth-order valence-corrected chi connectivity index (χ4v) is 7.50. The number of nitriles is 1. The Labute approximate surface area is 287 Å². The van der Waals surface area contributed by atoms with Gasteiger partial charge >= 0.3 is 0 Å². The molecule has 0 fully saturated rings. The molecule has 0 saturated heterocycles. The van der Waals surface area contributed by atoms with Crippen LogP contribution in [0.5, 0.6) is 0 Å². The van der Waals surface area contributed by atoms with E-state index in [1.54, 1.807) is 0 Å². The number of nitrogens with zero attached hydrogens (tertiary/aromatic N) is 5. The van der Waals surface area contributed by atoms with Gasteiger partial charge in [-0.05, 0) is 82.6 Å². The summed E-state index contributed by atoms with van der Waals surface area (Å²) in [5, 5.41) is 14.3. The van der Waals surface area contributed by atoms with Crippen LogP contribution < -0.4 is 0 Å². The first-order valence-corrected chi connectivity index (χ1v) is 16.6. The van der Waals surface area contributed by atoms with Crippen LogP contribution in [-0.2, 0) is 0 Å². The zero-order chi connectivity index (χ0) is 33.2. The Morgan fingerprint density at radius 2 is 1.14 bits per heavy atom. The summed E-state index contributed by atoms with van der Waals surface area (Å²) >= 11 is 0. The van der Waals surface area contributed by atoms with Gasteiger partial charge in [0.2, 0.25) is 5.78 Å². The number of aromatic nitrogens is 4. The molecule has 0 atom stereocenters. The summed E-state index contributed by atoms with van der Waals surface area (Å²) in [6.07, 6.45) is 0. The molecule has 0 saturated carbocycles. The SMILES string of the molecule is N#Cc1ccc2c(c1)c1cc(-c3ccc(-c4cc(-c5ccccc5)nc5nc6ccccc6n45)c4ccccc34)ccc1n2-c1ccccc1. The summed E-state index contributed by atoms with van der Waals surface area (Å²) in [7, 11) is 0. The Bertz CT molecular complexity index is 2980. The quantitative estimate of drug-likeness (QED) is 0.193. The standard InChI is InChI=1S/C45H27N5/c46-28-29-19-23-41-37(25-29)38-26-31(20-24-42(38)49(41)32-13-5-2-6-14-32)33-21-22-36(35-16-8-7-15-34(33)35)44-27-40(30-11-3-1-4-12-30)48-45-47-39-17-9-10-18-43(39)50(44)45/h1-27H. The molecule has 0 spiro atoms. The highest BCUT2D eigenvalue weighted by Gasteiger charge is 2.19. The van der Waals surface area contributed by atoms with Crippen molar-refractivity contribution in [1.29, 1.82) is 5.26 Å². The molecule has 5 heteroatoms. The predicted octanol–water partition coefficient (Wildman–Crippen LogP) is 11.0. The largest absolute Gasteiger partial charge is 0.309 e. The van der Waals surface area contributed by atoms with E-state index in [0.717, 1.165) is 82.9 Å². The monoisotopic (exact) mass is 637 g/mol. The molecule has 0 amide bonds. The highest BCUT2D eigenvalue weighted by molar-refractivity contribution is 6.12. The van der Waals surface area contributed by atoms with Crippen LogP contribution in [0.2, 0.25) is 0 Å². The van der Waals surface area contributed by atoms with Crippen LogP contribution in [0.15, 0.2) is 164 Å². The van der Waals surface area contributed by atoms with E-state index < -0.39 is 0 Å². The van der Waals surface area contributed by atoms with Gasteiger partial charge in [-0.3, -0.25) is 4.40 Å². The first-order chi connectivity index (χ1) is 24.7. The Hall–Kier alpha value is -7.03. The molecule has 3 heterocycles. The lowest BCUT2D eigenvalue weighted by Gasteiger charge is -2.15. The van der Waals surface area contributed by atoms with Gasteiger partial charge in [-0.25, -0.2) is 9.97 Å². The van der Waals surface area contributed by atoms with Gasteiger partial charge in [0.15, 0.2) is 0 Å². The first-order valence-electron chi connectivity index (χ1n) is 16.6. The van der Waals surface area contributed by atoms with Crippen molar-refractivity contribution >= 4 is 49.4 Å². The number of para-hydroxylation sites is 3. The third-order valence-corrected chi connectivity index (χ3v) is 9.77. The summed E-state index contributed by atoms with van der Waals surface area (Å²) in [4.78, 5) is 9.99. The van der Waals surface area contributed by atoms with E-state index in [1.165, 1.54) is 0 Å². The zero-order valence-corrected chi connectivity index (χ0v) is 26.8. The number of hydrogen-bond acceptors (Lipinski definition) is 3. The molecule has 232 valence electrons. The van der Waals surface area contributed by atoms with Crippen molar-refractivity contribution in [3.8, 4) is 45.4 Å². The summed E-state index contributed by atoms with van der Waals surface area (Å²) in [6.45, 7) is 0. The smallest absolute Gasteiger partial charge is 0.235 e. The molecule has 5 nitrogen and oxygen atoms in total. The van der Waals surface area contributed by atoms with Crippen LogP contribution >= 0.6 is 0 Å². The Morgan fingerprint density at radius 3 is 1.94 bits per heavy atom. The average molecular weight is 638 g/mol. The summed E-state index contributed by atoms with van der Waals surface area (Å²) in [5.74, 6) is 0.674. The van der Waals surface area contributed by atoms with E-state index >= 15 is 0 Å². The molecule has 0 unspecified atom stereocenters. The predicted molar refractivity (Wildman–Crippen MR) is 203 cm³/mol. The molecule has 10 aromatic rings. The average Bonchev–Trinajstić information content (AvgIpc) is 3.73. The van der Waals surface area contributed by atoms with E-state index in [0.29, 0.717) is 11.3 Å². The summed E-state index contributed by atoms with van der Waals surface area (Å²) < 4.78 is 4.46. The van der Waals surface area contributed by atoms with Crippen molar-refractivity contribution in [2.45, 2.75) is 0 Å². The van der Waals surface area contributed by atoms with Crippen molar-refractivity contribution in [2.75, 3.05) is 0 Å². The molecule has 0 N–H and O–H groups in total. The minimum atomic E-state index is 0.649. The van der Waals surface area contributed by atoms with Crippen LogP contribution in [0.25, 0.3) is 88.7 Å². The van der Waals surface area contributed by atoms with Gasteiger partial charge in [-0.15, -0.1) is 0 Å². The third-order valence-electron chi connectivity index (χ3n) is 9.77. The van der Waals surface area contributed by atoms with Crippen molar-refractivity contribution < 1.29 is 0 Å². The van der Waals surface area contributed by atoms with Crippen LogP contribution in [0.3, 0.4) is 0 Å². The van der Waals surface area contributed by atoms with Gasteiger partial charge in [0.05, 0.1) is 45.1 Å². The van der Waals surface area contributed by atoms with Gasteiger partial charge in [0.1, 0.15) is 0 Å². The molecule has 0 aliphatic carbocycles. The normalized spacial score (nSPS) is 11.6. The van der Waals surface area contributed by atoms with Crippen LogP contribution in [-0.4, -0.2) is 18.9 Å². The summed E-state index contributed by atoms with van der Waals surface area (Å²) in [5.41, 5.74) is 12.2. The van der Waals surface area contributed by atoms with Crippen molar-refractivity contribution in [2.24, 2.45) is 0 Å². The molecule has 0 radical (unpaired) electrons. The number of imidazole rings is 1. The van der Waals surface area contributed by atoms with E-state index in [4.69, 9.17) is 9.97 Å². The minimum Gasteiger partial charge on any atom is -0.309 e. The van der Waals surface area contributed by atoms with Gasteiger partial charge in [-0.1, -0.05) is 103 Å². The maximum atomic E-state index is 9.79. The summed E-state index contributed by atoms with van der Waals surface area (Å²) in [6, 6.07) is 59.3. The molecule has 10 rings (SSSR count). The second kappa shape index (κ2) is 11.0. The molecule has 50 heavy (non-hydrogen) atoms. The zero-order valence-electron chi connectivity index (χ0n) is 26.8. The van der Waals surface area contributed by atoms with Gasteiger partial charge in [0, 0.05) is 27.6 Å². The molecule has 7 aromatic carbocycles. The number of fused-ring (bicyclic) bond motifs is 7. The van der Waals surface area contributed by atoms with E-state index in [-0.39, 0.29) is 0 Å². The van der Waals surface area contributed by atoms with E-state index in [9.17, 15) is 5.26 Å². The molecular weight excluding hydrogens is 611 g/mol. The fraction of sp³-hybridized carbons (Fsp3) is 0. The van der Waals surface area contributed by atoms with E-state index in [2.05, 4.69) is 130 Å². The molecule has 3 aromatic heterocycles. The molecule has 0 bridgehead atoms. The lowest BCUT2D eigenvalue weighted by Crippen LogP contribution is -1.98. The lowest BCUT2D eigenvalue weighted by molar-refractivity contribution is 1.15. The first kappa shape index (κ1) is 28.0. The second-order valence-corrected chi connectivity index (χ2v) is 12.6. The Morgan fingerprint density at radius 1 is 0.480 bits per heavy atom. The highest BCUT2D eigenvalue weighted by Crippen LogP contribution is 2.40. The van der Waals surface area contributed by atoms with E-state index in [1.807, 2.05) is 48.5 Å². The lowest BCUT2D eigenvalue weighted by atomic mass is 9.92. The number of benzene rings is 7. The van der Waals surface area contributed by atoms with Crippen molar-refractivity contribution in [3.05, 3.63) is 169 Å². The van der Waals surface area contributed by atoms with Gasteiger partial charge in [-0.2, -0.15) is 5.26 Å². The van der Waals surface area contributed by atoms with Crippen LogP contribution in [0.4, 0.5) is 0 Å². The maximum absolute atomic E-state index is 9.79. The maximum Gasteiger partial charge on any atom is 0.235 e. The fourth-order valence-electron chi connectivity index (χ4n) is 7.50. The Kier molecular flexibility index (Phi) is 6.17. The van der Waals surface area contributed by atoms with Gasteiger partial charge in [0.25, 0.3) is 0 Å². The van der Waals surface area contributed by atoms with Gasteiger partial charge < -0.3 is 4.57 Å². The Balaban J connectivity index is 1.22. The highest BCUT2D eigenvalue weighted by atomic mass is 15.1. The minimum absolute atomic E-state index is 0.649. The third kappa shape index (κ3) is 4.26. The van der Waals surface area contributed by atoms with Crippen molar-refractivity contribution in [3.63, 3.8) is 0 Å². The second-order valence-electron chi connectivity index (χ2n) is 12.6. The molecular formula is C45H27N5.